The second kappa shape index (κ2) is 7.71. The molecule has 1 fully saturated rings. The van der Waals surface area contributed by atoms with E-state index in [9.17, 15) is 14.9 Å². The Bertz CT molecular complexity index is 690. The van der Waals surface area contributed by atoms with Crippen molar-refractivity contribution in [1.29, 1.82) is 0 Å². The van der Waals surface area contributed by atoms with Gasteiger partial charge in [-0.2, -0.15) is 0 Å². The zero-order valence-electron chi connectivity index (χ0n) is 16.1. The Morgan fingerprint density at radius 2 is 1.96 bits per heavy atom. The highest BCUT2D eigenvalue weighted by Gasteiger charge is 2.31. The van der Waals surface area contributed by atoms with Gasteiger partial charge in [0.15, 0.2) is 0 Å². The van der Waals surface area contributed by atoms with Crippen molar-refractivity contribution in [2.24, 2.45) is 0 Å². The highest BCUT2D eigenvalue weighted by atomic mass is 16.6. The number of likely N-dealkylation sites (tertiary alicyclic amines) is 1. The van der Waals surface area contributed by atoms with Crippen LogP contribution in [0.2, 0.25) is 0 Å². The van der Waals surface area contributed by atoms with Gasteiger partial charge in [-0.05, 0) is 38.5 Å². The topological polar surface area (TPSA) is 103 Å². The molecule has 0 aliphatic carbocycles. The van der Waals surface area contributed by atoms with Gasteiger partial charge in [0.1, 0.15) is 18.4 Å². The van der Waals surface area contributed by atoms with E-state index in [2.05, 4.69) is 9.88 Å². The molecule has 2 aliphatic heterocycles. The van der Waals surface area contributed by atoms with Crippen molar-refractivity contribution in [3.05, 3.63) is 16.3 Å². The number of hydrogen-bond donors (Lipinski definition) is 0. The smallest absolute Gasteiger partial charge is 0.414 e. The number of ether oxygens (including phenoxy) is 2. The minimum atomic E-state index is -0.509. The molecule has 3 rings (SSSR count). The number of carbonyl (C=O) groups is 1. The Morgan fingerprint density at radius 3 is 2.59 bits per heavy atom. The van der Waals surface area contributed by atoms with Crippen molar-refractivity contribution >= 4 is 11.9 Å². The SMILES string of the molecule is CC(C)(C)OC(=O)N1CCC(N2CCOc3nc([N+](=O)[O-])cn3CC2)CC1. The molecule has 1 amide bonds. The number of piperidine rings is 1. The molecule has 0 bridgehead atoms. The average Bonchev–Trinajstić information content (AvgIpc) is 2.96. The fourth-order valence-corrected chi connectivity index (χ4v) is 3.46. The van der Waals surface area contributed by atoms with Gasteiger partial charge in [-0.15, -0.1) is 0 Å². The van der Waals surface area contributed by atoms with Gasteiger partial charge in [-0.1, -0.05) is 0 Å². The number of hydrogen-bond acceptors (Lipinski definition) is 7. The summed E-state index contributed by atoms with van der Waals surface area (Å²) in [5, 5.41) is 10.9. The first kappa shape index (κ1) is 19.4. The van der Waals surface area contributed by atoms with Crippen molar-refractivity contribution < 1.29 is 19.2 Å². The molecule has 1 aromatic heterocycles. The fraction of sp³-hybridized carbons (Fsp3) is 0.765. The summed E-state index contributed by atoms with van der Waals surface area (Å²) in [6, 6.07) is 0.661. The Labute approximate surface area is 158 Å². The first-order chi connectivity index (χ1) is 12.7. The molecular weight excluding hydrogens is 354 g/mol. The van der Waals surface area contributed by atoms with Gasteiger partial charge in [-0.25, -0.2) is 4.79 Å². The Morgan fingerprint density at radius 1 is 1.26 bits per heavy atom. The van der Waals surface area contributed by atoms with Crippen LogP contribution >= 0.6 is 0 Å². The third-order valence-electron chi connectivity index (χ3n) is 4.78. The number of imidazole rings is 1. The van der Waals surface area contributed by atoms with E-state index in [4.69, 9.17) is 9.47 Å². The van der Waals surface area contributed by atoms with Gasteiger partial charge in [-0.3, -0.25) is 9.47 Å². The van der Waals surface area contributed by atoms with Crippen LogP contribution in [0, 0.1) is 10.1 Å². The van der Waals surface area contributed by atoms with Gasteiger partial charge < -0.3 is 24.5 Å². The standard InChI is InChI=1S/C17H27N5O5/c1-17(2,3)27-16(23)20-6-4-13(5-7-20)19-8-9-21-12-14(22(24)25)18-15(21)26-11-10-19/h12-13H,4-11H2,1-3H3. The lowest BCUT2D eigenvalue weighted by Crippen LogP contribution is -2.49. The summed E-state index contributed by atoms with van der Waals surface area (Å²) < 4.78 is 12.8. The molecule has 27 heavy (non-hydrogen) atoms. The molecule has 0 atom stereocenters. The summed E-state index contributed by atoms with van der Waals surface area (Å²) in [7, 11) is 0. The van der Waals surface area contributed by atoms with Gasteiger partial charge >= 0.3 is 17.9 Å². The number of nitrogens with zero attached hydrogens (tertiary/aromatic N) is 5. The summed E-state index contributed by atoms with van der Waals surface area (Å²) >= 11 is 0. The van der Waals surface area contributed by atoms with E-state index in [1.165, 1.54) is 6.20 Å². The number of fused-ring (bicyclic) bond motifs is 1. The van der Waals surface area contributed by atoms with E-state index in [-0.39, 0.29) is 11.9 Å². The van der Waals surface area contributed by atoms with E-state index in [1.807, 2.05) is 20.8 Å². The van der Waals surface area contributed by atoms with Crippen molar-refractivity contribution in [1.82, 2.24) is 19.4 Å². The zero-order chi connectivity index (χ0) is 19.6. The first-order valence-corrected chi connectivity index (χ1v) is 9.29. The Balaban J connectivity index is 1.54. The normalized spacial score (nSPS) is 19.6. The number of amides is 1. The van der Waals surface area contributed by atoms with E-state index in [0.29, 0.717) is 38.3 Å². The molecule has 0 spiro atoms. The minimum absolute atomic E-state index is 0.191. The van der Waals surface area contributed by atoms with Crippen LogP contribution in [0.5, 0.6) is 6.01 Å². The Hall–Kier alpha value is -2.36. The van der Waals surface area contributed by atoms with Crippen LogP contribution in [0.25, 0.3) is 0 Å². The predicted molar refractivity (Wildman–Crippen MR) is 96.8 cm³/mol. The Kier molecular flexibility index (Phi) is 5.54. The lowest BCUT2D eigenvalue weighted by atomic mass is 10.0. The summed E-state index contributed by atoms with van der Waals surface area (Å²) in [6.07, 6.45) is 2.91. The molecule has 0 radical (unpaired) electrons. The summed E-state index contributed by atoms with van der Waals surface area (Å²) in [6.45, 7) is 9.45. The lowest BCUT2D eigenvalue weighted by molar-refractivity contribution is -0.389. The van der Waals surface area contributed by atoms with Crippen LogP contribution in [0.1, 0.15) is 33.6 Å². The van der Waals surface area contributed by atoms with Crippen molar-refractivity contribution in [3.8, 4) is 6.01 Å². The summed E-state index contributed by atoms with van der Waals surface area (Å²) in [5.41, 5.74) is -0.487. The van der Waals surface area contributed by atoms with Crippen LogP contribution in [-0.2, 0) is 11.3 Å². The molecule has 0 unspecified atom stereocenters. The third-order valence-corrected chi connectivity index (χ3v) is 4.78. The molecule has 0 aromatic carbocycles. The lowest BCUT2D eigenvalue weighted by Gasteiger charge is -2.39. The molecule has 1 aromatic rings. The molecule has 10 heteroatoms. The molecular formula is C17H27N5O5. The highest BCUT2D eigenvalue weighted by Crippen LogP contribution is 2.22. The van der Waals surface area contributed by atoms with Crippen molar-refractivity contribution in [3.63, 3.8) is 0 Å². The molecule has 0 saturated carbocycles. The second-order valence-corrected chi connectivity index (χ2v) is 7.92. The van der Waals surface area contributed by atoms with Crippen LogP contribution in [0.15, 0.2) is 6.20 Å². The van der Waals surface area contributed by atoms with Crippen molar-refractivity contribution in [2.75, 3.05) is 32.8 Å². The number of nitro groups is 1. The van der Waals surface area contributed by atoms with E-state index >= 15 is 0 Å². The maximum Gasteiger partial charge on any atom is 0.414 e. The van der Waals surface area contributed by atoms with E-state index in [1.54, 1.807) is 9.47 Å². The van der Waals surface area contributed by atoms with Gasteiger partial charge in [0.2, 0.25) is 0 Å². The quantitative estimate of drug-likeness (QED) is 0.569. The van der Waals surface area contributed by atoms with Crippen LogP contribution in [-0.4, -0.2) is 74.8 Å². The van der Waals surface area contributed by atoms with Crippen LogP contribution in [0.4, 0.5) is 10.6 Å². The monoisotopic (exact) mass is 381 g/mol. The third kappa shape index (κ3) is 4.88. The molecule has 0 N–H and O–H groups in total. The number of rotatable bonds is 2. The summed E-state index contributed by atoms with van der Waals surface area (Å²) in [5.74, 6) is -0.191. The fourth-order valence-electron chi connectivity index (χ4n) is 3.46. The van der Waals surface area contributed by atoms with Gasteiger partial charge in [0.25, 0.3) is 0 Å². The zero-order valence-corrected chi connectivity index (χ0v) is 16.1. The number of carbonyl (C=O) groups excluding carboxylic acids is 1. The molecule has 10 nitrogen and oxygen atoms in total. The van der Waals surface area contributed by atoms with Crippen LogP contribution in [0.3, 0.4) is 0 Å². The molecule has 3 heterocycles. The van der Waals surface area contributed by atoms with E-state index < -0.39 is 10.5 Å². The predicted octanol–water partition coefficient (Wildman–Crippen LogP) is 1.89. The molecule has 2 aliphatic rings. The molecule has 150 valence electrons. The van der Waals surface area contributed by atoms with Crippen molar-refractivity contribution in [2.45, 2.75) is 51.8 Å². The van der Waals surface area contributed by atoms with Gasteiger partial charge in [0, 0.05) is 43.7 Å². The maximum absolute atomic E-state index is 12.2. The largest absolute Gasteiger partial charge is 0.444 e. The number of aromatic nitrogens is 2. The van der Waals surface area contributed by atoms with Crippen LogP contribution < -0.4 is 4.74 Å². The van der Waals surface area contributed by atoms with Gasteiger partial charge in [0.05, 0.1) is 0 Å². The molecule has 1 saturated heterocycles. The average molecular weight is 381 g/mol. The highest BCUT2D eigenvalue weighted by molar-refractivity contribution is 5.68. The minimum Gasteiger partial charge on any atom is -0.444 e. The first-order valence-electron chi connectivity index (χ1n) is 9.29. The summed E-state index contributed by atoms with van der Waals surface area (Å²) in [4.78, 5) is 30.6. The second-order valence-electron chi connectivity index (χ2n) is 7.92. The maximum atomic E-state index is 12.2. The van der Waals surface area contributed by atoms with E-state index in [0.717, 1.165) is 25.9 Å².